The number of nitrogens with one attached hydrogen (secondary N) is 1. The molecule has 0 saturated carbocycles. The first kappa shape index (κ1) is 13.5. The molecule has 3 rings (SSSR count). The van der Waals surface area contributed by atoms with Crippen LogP contribution in [0.5, 0.6) is 0 Å². The first-order chi connectivity index (χ1) is 9.24. The van der Waals surface area contributed by atoms with Gasteiger partial charge in [-0.3, -0.25) is 4.90 Å². The molecule has 1 aliphatic heterocycles. The zero-order valence-corrected chi connectivity index (χ0v) is 12.9. The molecule has 1 unspecified atom stereocenters. The third-order valence-electron chi connectivity index (χ3n) is 4.57. The van der Waals surface area contributed by atoms with E-state index in [0.717, 1.165) is 5.92 Å². The molecule has 19 heavy (non-hydrogen) atoms. The van der Waals surface area contributed by atoms with E-state index >= 15 is 0 Å². The predicted octanol–water partition coefficient (Wildman–Crippen LogP) is 2.76. The Bertz CT molecular complexity index is 423. The third kappa shape index (κ3) is 3.01. The van der Waals surface area contributed by atoms with Crippen molar-refractivity contribution in [3.05, 3.63) is 15.6 Å². The molecule has 0 amide bonds. The lowest BCUT2D eigenvalue weighted by Crippen LogP contribution is -2.36. The molecule has 1 saturated heterocycles. The van der Waals surface area contributed by atoms with E-state index in [-0.39, 0.29) is 0 Å². The number of piperidine rings is 1. The van der Waals surface area contributed by atoms with Crippen LogP contribution in [-0.4, -0.2) is 36.6 Å². The van der Waals surface area contributed by atoms with E-state index in [1.54, 1.807) is 4.88 Å². The van der Waals surface area contributed by atoms with Crippen LogP contribution in [0, 0.1) is 12.8 Å². The van der Waals surface area contributed by atoms with Gasteiger partial charge in [-0.1, -0.05) is 0 Å². The summed E-state index contributed by atoms with van der Waals surface area (Å²) in [5, 5.41) is 4.70. The van der Waals surface area contributed by atoms with Crippen molar-refractivity contribution in [3.8, 4) is 0 Å². The van der Waals surface area contributed by atoms with Crippen LogP contribution in [0.25, 0.3) is 0 Å². The molecule has 4 heteroatoms. The van der Waals surface area contributed by atoms with E-state index in [9.17, 15) is 0 Å². The Labute approximate surface area is 120 Å². The zero-order valence-electron chi connectivity index (χ0n) is 12.1. The SMILES string of the molecule is Cc1nc2c(s1)C(N(C)CC1CCNCC1)CCC2. The maximum absolute atomic E-state index is 4.71. The van der Waals surface area contributed by atoms with Crippen LogP contribution in [0.15, 0.2) is 0 Å². The summed E-state index contributed by atoms with van der Waals surface area (Å²) < 4.78 is 0. The number of hydrogen-bond donors (Lipinski definition) is 1. The number of aromatic nitrogens is 1. The summed E-state index contributed by atoms with van der Waals surface area (Å²) in [6.45, 7) is 5.80. The van der Waals surface area contributed by atoms with Gasteiger partial charge in [-0.05, 0) is 65.1 Å². The minimum absolute atomic E-state index is 0.629. The van der Waals surface area contributed by atoms with Crippen LogP contribution < -0.4 is 5.32 Å². The van der Waals surface area contributed by atoms with Gasteiger partial charge < -0.3 is 5.32 Å². The molecular formula is C15H25N3S. The first-order valence-electron chi connectivity index (χ1n) is 7.61. The number of fused-ring (bicyclic) bond motifs is 1. The molecule has 3 nitrogen and oxygen atoms in total. The standard InChI is InChI=1S/C15H25N3S/c1-11-17-13-4-3-5-14(15(13)19-11)18(2)10-12-6-8-16-9-7-12/h12,14,16H,3-10H2,1-2H3. The van der Waals surface area contributed by atoms with Crippen molar-refractivity contribution in [2.24, 2.45) is 5.92 Å². The molecule has 0 radical (unpaired) electrons. The topological polar surface area (TPSA) is 28.2 Å². The van der Waals surface area contributed by atoms with E-state index in [1.165, 1.54) is 62.4 Å². The lowest BCUT2D eigenvalue weighted by atomic mass is 9.93. The first-order valence-corrected chi connectivity index (χ1v) is 8.43. The van der Waals surface area contributed by atoms with Gasteiger partial charge in [0, 0.05) is 17.5 Å². The van der Waals surface area contributed by atoms with Crippen molar-refractivity contribution in [3.63, 3.8) is 0 Å². The molecule has 1 N–H and O–H groups in total. The number of nitrogens with zero attached hydrogens (tertiary/aromatic N) is 2. The summed E-state index contributed by atoms with van der Waals surface area (Å²) >= 11 is 1.92. The van der Waals surface area contributed by atoms with Crippen molar-refractivity contribution in [2.45, 2.75) is 45.1 Å². The van der Waals surface area contributed by atoms with Crippen molar-refractivity contribution in [1.29, 1.82) is 0 Å². The van der Waals surface area contributed by atoms with Crippen LogP contribution >= 0.6 is 11.3 Å². The number of thiazole rings is 1. The summed E-state index contributed by atoms with van der Waals surface area (Å²) in [5.41, 5.74) is 1.39. The molecule has 1 aromatic heterocycles. The maximum Gasteiger partial charge on any atom is 0.0900 e. The second kappa shape index (κ2) is 5.90. The fourth-order valence-electron chi connectivity index (χ4n) is 3.54. The molecule has 0 spiro atoms. The van der Waals surface area contributed by atoms with Gasteiger partial charge in [-0.15, -0.1) is 11.3 Å². The van der Waals surface area contributed by atoms with Crippen molar-refractivity contribution in [1.82, 2.24) is 15.2 Å². The van der Waals surface area contributed by atoms with Gasteiger partial charge in [-0.25, -0.2) is 4.98 Å². The van der Waals surface area contributed by atoms with Crippen LogP contribution in [0.4, 0.5) is 0 Å². The second-order valence-corrected chi connectivity index (χ2v) is 7.32. The third-order valence-corrected chi connectivity index (χ3v) is 5.68. The smallest absolute Gasteiger partial charge is 0.0900 e. The maximum atomic E-state index is 4.71. The lowest BCUT2D eigenvalue weighted by Gasteiger charge is -2.34. The number of rotatable bonds is 3. The summed E-state index contributed by atoms with van der Waals surface area (Å²) in [6, 6.07) is 0.629. The molecule has 2 heterocycles. The average molecular weight is 279 g/mol. The van der Waals surface area contributed by atoms with Gasteiger partial charge in [-0.2, -0.15) is 0 Å². The van der Waals surface area contributed by atoms with E-state index in [4.69, 9.17) is 4.98 Å². The van der Waals surface area contributed by atoms with E-state index in [2.05, 4.69) is 24.2 Å². The normalized spacial score (nSPS) is 24.7. The quantitative estimate of drug-likeness (QED) is 0.922. The molecule has 1 atom stereocenters. The largest absolute Gasteiger partial charge is 0.317 e. The van der Waals surface area contributed by atoms with Crippen LogP contribution in [0.3, 0.4) is 0 Å². The summed E-state index contributed by atoms with van der Waals surface area (Å²) in [4.78, 5) is 8.87. The highest BCUT2D eigenvalue weighted by Gasteiger charge is 2.28. The highest BCUT2D eigenvalue weighted by Crippen LogP contribution is 2.37. The van der Waals surface area contributed by atoms with Gasteiger partial charge in [0.1, 0.15) is 0 Å². The fourth-order valence-corrected chi connectivity index (χ4v) is 4.71. The van der Waals surface area contributed by atoms with E-state index < -0.39 is 0 Å². The van der Waals surface area contributed by atoms with Crippen LogP contribution in [-0.2, 0) is 6.42 Å². The second-order valence-electron chi connectivity index (χ2n) is 6.08. The van der Waals surface area contributed by atoms with Gasteiger partial charge in [0.05, 0.1) is 10.7 Å². The van der Waals surface area contributed by atoms with E-state index in [1.807, 2.05) is 11.3 Å². The van der Waals surface area contributed by atoms with Gasteiger partial charge in [0.2, 0.25) is 0 Å². The summed E-state index contributed by atoms with van der Waals surface area (Å²) in [5.74, 6) is 0.880. The Hall–Kier alpha value is -0.450. The Morgan fingerprint density at radius 1 is 1.32 bits per heavy atom. The Kier molecular flexibility index (Phi) is 4.20. The van der Waals surface area contributed by atoms with Crippen molar-refractivity contribution >= 4 is 11.3 Å². The van der Waals surface area contributed by atoms with Gasteiger partial charge in [0.15, 0.2) is 0 Å². The summed E-state index contributed by atoms with van der Waals surface area (Å²) in [6.07, 6.45) is 6.49. The molecule has 0 aromatic carbocycles. The molecule has 1 fully saturated rings. The number of aryl methyl sites for hydroxylation is 2. The molecule has 106 valence electrons. The minimum atomic E-state index is 0.629. The molecule has 1 aromatic rings. The Morgan fingerprint density at radius 2 is 2.11 bits per heavy atom. The van der Waals surface area contributed by atoms with Crippen molar-refractivity contribution in [2.75, 3.05) is 26.7 Å². The highest BCUT2D eigenvalue weighted by molar-refractivity contribution is 7.11. The molecule has 2 aliphatic rings. The highest BCUT2D eigenvalue weighted by atomic mass is 32.1. The molecular weight excluding hydrogens is 254 g/mol. The molecule has 0 bridgehead atoms. The van der Waals surface area contributed by atoms with Crippen molar-refractivity contribution < 1.29 is 0 Å². The van der Waals surface area contributed by atoms with E-state index in [0.29, 0.717) is 6.04 Å². The Morgan fingerprint density at radius 3 is 2.89 bits per heavy atom. The number of hydrogen-bond acceptors (Lipinski definition) is 4. The zero-order chi connectivity index (χ0) is 13.2. The van der Waals surface area contributed by atoms with Gasteiger partial charge >= 0.3 is 0 Å². The summed E-state index contributed by atoms with van der Waals surface area (Å²) in [7, 11) is 2.32. The predicted molar refractivity (Wildman–Crippen MR) is 80.8 cm³/mol. The van der Waals surface area contributed by atoms with Gasteiger partial charge in [0.25, 0.3) is 0 Å². The monoisotopic (exact) mass is 279 g/mol. The minimum Gasteiger partial charge on any atom is -0.317 e. The Balaban J connectivity index is 1.68. The average Bonchev–Trinajstić information content (AvgIpc) is 2.79. The molecule has 1 aliphatic carbocycles. The van der Waals surface area contributed by atoms with Crippen LogP contribution in [0.2, 0.25) is 0 Å². The fraction of sp³-hybridized carbons (Fsp3) is 0.800. The van der Waals surface area contributed by atoms with Crippen LogP contribution in [0.1, 0.15) is 47.3 Å². The lowest BCUT2D eigenvalue weighted by molar-refractivity contribution is 0.174.